The molecule has 0 aliphatic carbocycles. The number of nitrogens with two attached hydrogens (primary N) is 1. The summed E-state index contributed by atoms with van der Waals surface area (Å²) in [6.07, 6.45) is 1.72. The van der Waals surface area contributed by atoms with E-state index in [0.29, 0.717) is 39.6 Å². The number of halogens is 1. The van der Waals surface area contributed by atoms with Crippen molar-refractivity contribution in [3.8, 4) is 11.5 Å². The molecule has 0 saturated carbocycles. The first kappa shape index (κ1) is 25.5. The van der Waals surface area contributed by atoms with Crippen LogP contribution in [0.2, 0.25) is 0 Å². The highest BCUT2D eigenvalue weighted by Crippen LogP contribution is 2.32. The van der Waals surface area contributed by atoms with Crippen LogP contribution < -0.4 is 20.1 Å². The Bertz CT molecular complexity index is 1430. The van der Waals surface area contributed by atoms with E-state index in [0.717, 1.165) is 11.1 Å². The van der Waals surface area contributed by atoms with Crippen LogP contribution in [0.15, 0.2) is 91.0 Å². The van der Waals surface area contributed by atoms with Crippen LogP contribution in [0.4, 0.5) is 15.8 Å². The summed E-state index contributed by atoms with van der Waals surface area (Å²) in [5.41, 5.74) is 10.9. The van der Waals surface area contributed by atoms with Gasteiger partial charge in [-0.05, 0) is 66.1 Å². The molecular formula is C31H29FN2O3. The van der Waals surface area contributed by atoms with E-state index in [9.17, 15) is 9.18 Å². The Morgan fingerprint density at radius 2 is 1.62 bits per heavy atom. The van der Waals surface area contributed by atoms with Crippen LogP contribution in [0.1, 0.15) is 22.3 Å². The van der Waals surface area contributed by atoms with Gasteiger partial charge < -0.3 is 20.1 Å². The largest absolute Gasteiger partial charge is 0.493 e. The Hall–Kier alpha value is -4.58. The van der Waals surface area contributed by atoms with Crippen molar-refractivity contribution in [2.24, 2.45) is 0 Å². The van der Waals surface area contributed by atoms with Gasteiger partial charge in [-0.2, -0.15) is 0 Å². The lowest BCUT2D eigenvalue weighted by molar-refractivity contribution is -0.113. The SMILES string of the molecule is COc1ccc(C=C(C(=O)N(Cc2ccc(C)cc2)c2ccccc2N)c2cccc(F)c2)cc1OC. The maximum absolute atomic E-state index is 14.3. The minimum Gasteiger partial charge on any atom is -0.493 e. The number of aryl methyl sites for hydroxylation is 1. The van der Waals surface area contributed by atoms with Gasteiger partial charge >= 0.3 is 0 Å². The van der Waals surface area contributed by atoms with Crippen molar-refractivity contribution in [2.75, 3.05) is 24.9 Å². The predicted octanol–water partition coefficient (Wildman–Crippen LogP) is 6.51. The number of para-hydroxylation sites is 2. The molecule has 4 rings (SSSR count). The Kier molecular flexibility index (Phi) is 7.89. The summed E-state index contributed by atoms with van der Waals surface area (Å²) in [6.45, 7) is 2.29. The van der Waals surface area contributed by atoms with Crippen LogP contribution in [-0.4, -0.2) is 20.1 Å². The number of nitrogen functional groups attached to an aromatic ring is 1. The second kappa shape index (κ2) is 11.4. The van der Waals surface area contributed by atoms with Crippen LogP contribution in [0, 0.1) is 12.7 Å². The second-order valence-electron chi connectivity index (χ2n) is 8.62. The molecule has 0 aliphatic rings. The number of methoxy groups -OCH3 is 2. The smallest absolute Gasteiger partial charge is 0.259 e. The van der Waals surface area contributed by atoms with Crippen molar-refractivity contribution in [3.63, 3.8) is 0 Å². The van der Waals surface area contributed by atoms with Crippen molar-refractivity contribution in [1.82, 2.24) is 0 Å². The average Bonchev–Trinajstić information content (AvgIpc) is 2.91. The zero-order valence-corrected chi connectivity index (χ0v) is 21.1. The number of hydrogen-bond acceptors (Lipinski definition) is 4. The van der Waals surface area contributed by atoms with Gasteiger partial charge in [0.1, 0.15) is 5.82 Å². The third-order valence-corrected chi connectivity index (χ3v) is 6.02. The number of carbonyl (C=O) groups excluding carboxylic acids is 1. The van der Waals surface area contributed by atoms with Gasteiger partial charge in [-0.3, -0.25) is 4.79 Å². The highest BCUT2D eigenvalue weighted by atomic mass is 19.1. The zero-order chi connectivity index (χ0) is 26.4. The number of benzene rings is 4. The first-order valence-corrected chi connectivity index (χ1v) is 11.8. The molecule has 0 aromatic heterocycles. The minimum absolute atomic E-state index is 0.284. The molecule has 1 amide bonds. The van der Waals surface area contributed by atoms with Crippen molar-refractivity contribution in [3.05, 3.63) is 119 Å². The van der Waals surface area contributed by atoms with Gasteiger partial charge in [0, 0.05) is 5.57 Å². The summed E-state index contributed by atoms with van der Waals surface area (Å²) < 4.78 is 25.1. The van der Waals surface area contributed by atoms with Crippen LogP contribution in [0.5, 0.6) is 11.5 Å². The summed E-state index contributed by atoms with van der Waals surface area (Å²) in [6, 6.07) is 26.5. The van der Waals surface area contributed by atoms with Gasteiger partial charge in [-0.1, -0.05) is 60.2 Å². The number of anilines is 2. The first-order chi connectivity index (χ1) is 17.9. The molecule has 0 radical (unpaired) electrons. The summed E-state index contributed by atoms with van der Waals surface area (Å²) in [5, 5.41) is 0. The second-order valence-corrected chi connectivity index (χ2v) is 8.62. The quantitative estimate of drug-likeness (QED) is 0.172. The summed E-state index contributed by atoms with van der Waals surface area (Å²) >= 11 is 0. The highest BCUT2D eigenvalue weighted by Gasteiger charge is 2.24. The lowest BCUT2D eigenvalue weighted by Gasteiger charge is -2.26. The van der Waals surface area contributed by atoms with Crippen LogP contribution in [0.3, 0.4) is 0 Å². The van der Waals surface area contributed by atoms with Gasteiger partial charge in [-0.15, -0.1) is 0 Å². The van der Waals surface area contributed by atoms with Crippen LogP contribution in [-0.2, 0) is 11.3 Å². The standard InChI is InChI=1S/C31H29FN2O3/c1-21-11-13-22(14-12-21)20-34(28-10-5-4-9-27(28)33)31(35)26(24-7-6-8-25(32)19-24)17-23-15-16-29(36-2)30(18-23)37-3/h4-19H,20,33H2,1-3H3. The molecule has 0 aliphatic heterocycles. The molecule has 0 fully saturated rings. The van der Waals surface area contributed by atoms with E-state index in [2.05, 4.69) is 0 Å². The van der Waals surface area contributed by atoms with E-state index < -0.39 is 5.82 Å². The van der Waals surface area contributed by atoms with Gasteiger partial charge in [0.25, 0.3) is 5.91 Å². The van der Waals surface area contributed by atoms with Gasteiger partial charge in [0.15, 0.2) is 11.5 Å². The number of ether oxygens (including phenoxy) is 2. The number of nitrogens with zero attached hydrogens (tertiary/aromatic N) is 1. The normalized spacial score (nSPS) is 11.2. The summed E-state index contributed by atoms with van der Waals surface area (Å²) in [5.74, 6) is 0.328. The number of carbonyl (C=O) groups is 1. The molecule has 0 spiro atoms. The maximum atomic E-state index is 14.3. The molecule has 0 unspecified atom stereocenters. The third-order valence-electron chi connectivity index (χ3n) is 6.02. The molecule has 0 heterocycles. The summed E-state index contributed by atoms with van der Waals surface area (Å²) in [4.78, 5) is 15.9. The van der Waals surface area contributed by atoms with Crippen LogP contribution >= 0.6 is 0 Å². The zero-order valence-electron chi connectivity index (χ0n) is 21.1. The van der Waals surface area contributed by atoms with E-state index in [-0.39, 0.29) is 12.5 Å². The summed E-state index contributed by atoms with van der Waals surface area (Å²) in [7, 11) is 3.10. The molecule has 6 heteroatoms. The molecule has 0 saturated heterocycles. The molecule has 188 valence electrons. The van der Waals surface area contributed by atoms with Crippen molar-refractivity contribution < 1.29 is 18.7 Å². The molecule has 5 nitrogen and oxygen atoms in total. The van der Waals surface area contributed by atoms with Gasteiger partial charge in [-0.25, -0.2) is 4.39 Å². The van der Waals surface area contributed by atoms with Crippen LogP contribution in [0.25, 0.3) is 11.6 Å². The number of hydrogen-bond donors (Lipinski definition) is 1. The first-order valence-electron chi connectivity index (χ1n) is 11.8. The molecular weight excluding hydrogens is 467 g/mol. The highest BCUT2D eigenvalue weighted by molar-refractivity contribution is 6.30. The Labute approximate surface area is 216 Å². The van der Waals surface area contributed by atoms with Crippen molar-refractivity contribution in [2.45, 2.75) is 13.5 Å². The number of rotatable bonds is 8. The molecule has 0 atom stereocenters. The third kappa shape index (κ3) is 5.98. The van der Waals surface area contributed by atoms with E-state index in [1.165, 1.54) is 12.1 Å². The van der Waals surface area contributed by atoms with E-state index in [4.69, 9.17) is 15.2 Å². The average molecular weight is 497 g/mol. The van der Waals surface area contributed by atoms with E-state index in [1.807, 2.05) is 49.4 Å². The minimum atomic E-state index is -0.437. The molecule has 2 N–H and O–H groups in total. The topological polar surface area (TPSA) is 64.8 Å². The molecule has 0 bridgehead atoms. The fourth-order valence-electron chi connectivity index (χ4n) is 4.05. The van der Waals surface area contributed by atoms with Gasteiger partial charge in [0.05, 0.1) is 32.1 Å². The molecule has 37 heavy (non-hydrogen) atoms. The van der Waals surface area contributed by atoms with Crippen molar-refractivity contribution >= 4 is 28.9 Å². The lowest BCUT2D eigenvalue weighted by Crippen LogP contribution is -2.32. The number of amides is 1. The predicted molar refractivity (Wildman–Crippen MR) is 147 cm³/mol. The molecule has 4 aromatic carbocycles. The fourth-order valence-corrected chi connectivity index (χ4v) is 4.05. The fraction of sp³-hybridized carbons (Fsp3) is 0.129. The Morgan fingerprint density at radius 3 is 2.30 bits per heavy atom. The maximum Gasteiger partial charge on any atom is 0.259 e. The van der Waals surface area contributed by atoms with E-state index >= 15 is 0 Å². The Morgan fingerprint density at radius 1 is 0.892 bits per heavy atom. The molecule has 4 aromatic rings. The monoisotopic (exact) mass is 496 g/mol. The Balaban J connectivity index is 1.86. The van der Waals surface area contributed by atoms with Gasteiger partial charge in [0.2, 0.25) is 0 Å². The lowest BCUT2D eigenvalue weighted by atomic mass is 10.00. The van der Waals surface area contributed by atoms with Crippen molar-refractivity contribution in [1.29, 1.82) is 0 Å². The van der Waals surface area contributed by atoms with E-state index in [1.54, 1.807) is 61.6 Å².